The summed E-state index contributed by atoms with van der Waals surface area (Å²) in [5, 5.41) is 0. The van der Waals surface area contributed by atoms with Crippen LogP contribution in [0.4, 0.5) is 0 Å². The normalized spacial score (nSPS) is 5.00. The highest BCUT2D eigenvalue weighted by Crippen LogP contribution is 1.61. The molecular weight excluding hydrogens is 131 g/mol. The fraction of sp³-hybridized carbons (Fsp3) is 0.333. The maximum Gasteiger partial charge on any atom is 0.236 e. The number of carbonyl (C=O) groups excluding carboxylic acids is 2. The monoisotopic (exact) mass is 134 g/mol. The van der Waals surface area contributed by atoms with Crippen LogP contribution in [0.15, 0.2) is 9.98 Å². The Labute approximate surface area is 51.7 Å². The van der Waals surface area contributed by atoms with Gasteiger partial charge >= 0.3 is 0 Å². The first kappa shape index (κ1) is 10.1. The van der Waals surface area contributed by atoms with Gasteiger partial charge in [0.2, 0.25) is 12.2 Å². The van der Waals surface area contributed by atoms with Gasteiger partial charge in [0.15, 0.2) is 6.67 Å². The van der Waals surface area contributed by atoms with E-state index in [0.29, 0.717) is 0 Å². The van der Waals surface area contributed by atoms with E-state index in [1.54, 1.807) is 0 Å². The van der Waals surface area contributed by atoms with Gasteiger partial charge in [0, 0.05) is 0 Å². The summed E-state index contributed by atoms with van der Waals surface area (Å²) < 4.78 is 0. The third kappa shape index (κ3) is 8.90. The van der Waals surface area contributed by atoms with Gasteiger partial charge < -0.3 is 0 Å². The molecule has 0 aliphatic carbocycles. The molecule has 0 radical (unpaired) electrons. The van der Waals surface area contributed by atoms with Crippen LogP contribution in [-0.4, -0.2) is 18.8 Å². The molecule has 0 aromatic heterocycles. The van der Waals surface area contributed by atoms with Gasteiger partial charge in [-0.1, -0.05) is 0 Å². The molecule has 0 aromatic rings. The van der Waals surface area contributed by atoms with Gasteiger partial charge in [0.25, 0.3) is 0 Å². The van der Waals surface area contributed by atoms with Gasteiger partial charge in [-0.3, -0.25) is 0 Å². The number of nitrogens with zero attached hydrogens (tertiary/aromatic N) is 2. The highest BCUT2D eigenvalue weighted by molar-refractivity contribution is 5.85. The quantitative estimate of drug-likeness (QED) is 0.395. The van der Waals surface area contributed by atoms with Gasteiger partial charge in [-0.05, 0) is 0 Å². The number of hydrogen-bond acceptors (Lipinski definition) is 4. The van der Waals surface area contributed by atoms with E-state index in [2.05, 4.69) is 9.98 Å². The lowest BCUT2D eigenvalue weighted by Crippen LogP contribution is -1.66. The van der Waals surface area contributed by atoms with Gasteiger partial charge in [-0.2, -0.15) is 9.98 Å². The number of hydrogen-bond donors (Lipinski definition) is 0. The topological polar surface area (TPSA) is 58.9 Å². The molecule has 0 fully saturated rings. The van der Waals surface area contributed by atoms with Crippen LogP contribution in [0.1, 0.15) is 0 Å². The first-order valence-corrected chi connectivity index (χ1v) is 1.49. The summed E-state index contributed by atoms with van der Waals surface area (Å²) in [6.07, 6.45) is 2.41. The molecule has 0 unspecified atom stereocenters. The van der Waals surface area contributed by atoms with Crippen LogP contribution in [-0.2, 0) is 9.59 Å². The maximum absolute atomic E-state index is 9.20. The van der Waals surface area contributed by atoms with E-state index in [-0.39, 0.29) is 19.1 Å². The van der Waals surface area contributed by atoms with E-state index in [9.17, 15) is 9.59 Å². The van der Waals surface area contributed by atoms with Crippen LogP contribution < -0.4 is 0 Å². The molecule has 0 N–H and O–H groups in total. The van der Waals surface area contributed by atoms with Crippen LogP contribution in [0.5, 0.6) is 0 Å². The lowest BCUT2D eigenvalue weighted by molar-refractivity contribution is 0.560. The lowest BCUT2D eigenvalue weighted by atomic mass is 11.1. The predicted molar refractivity (Wildman–Crippen MR) is 28.4 cm³/mol. The Hall–Kier alpha value is -0.950. The van der Waals surface area contributed by atoms with Crippen molar-refractivity contribution in [3.8, 4) is 0 Å². The molecule has 8 heavy (non-hydrogen) atoms. The molecule has 0 atom stereocenters. The van der Waals surface area contributed by atoms with Crippen molar-refractivity contribution in [3.63, 3.8) is 0 Å². The second-order valence-electron chi connectivity index (χ2n) is 0.640. The first-order valence-electron chi connectivity index (χ1n) is 1.49. The summed E-state index contributed by atoms with van der Waals surface area (Å²) >= 11 is 0. The summed E-state index contributed by atoms with van der Waals surface area (Å²) in [5.74, 6) is 0. The minimum atomic E-state index is -0.160. The molecule has 0 saturated heterocycles. The smallest absolute Gasteiger partial charge is 0.211 e. The zero-order chi connectivity index (χ0) is 5.54. The van der Waals surface area contributed by atoms with Gasteiger partial charge in [-0.25, -0.2) is 9.59 Å². The Kier molecular flexibility index (Phi) is 11.9. The molecule has 5 heteroatoms. The Morgan fingerprint density at radius 3 is 1.75 bits per heavy atom. The Morgan fingerprint density at radius 2 is 1.50 bits per heavy atom. The summed E-state index contributed by atoms with van der Waals surface area (Å²) in [6, 6.07) is 0. The van der Waals surface area contributed by atoms with E-state index in [0.717, 1.165) is 0 Å². The molecule has 0 amide bonds. The van der Waals surface area contributed by atoms with Crippen LogP contribution in [0.3, 0.4) is 0 Å². The van der Waals surface area contributed by atoms with Crippen molar-refractivity contribution in [3.05, 3.63) is 0 Å². The Bertz CT molecular complexity index is 118. The molecule has 44 valence electrons. The standard InChI is InChI=1S/C3H2N2O2.ClH/c6-2-4-1-5-3-7;/h1H2;1H. The van der Waals surface area contributed by atoms with Crippen molar-refractivity contribution in [2.75, 3.05) is 6.67 Å². The van der Waals surface area contributed by atoms with Crippen molar-refractivity contribution in [1.29, 1.82) is 0 Å². The largest absolute Gasteiger partial charge is 0.236 e. The first-order chi connectivity index (χ1) is 3.41. The predicted octanol–water partition coefficient (Wildman–Crippen LogP) is 0.0373. The Morgan fingerprint density at radius 1 is 1.12 bits per heavy atom. The second kappa shape index (κ2) is 9.41. The summed E-state index contributed by atoms with van der Waals surface area (Å²) in [7, 11) is 0. The van der Waals surface area contributed by atoms with Gasteiger partial charge in [0.1, 0.15) is 0 Å². The molecular formula is C3H3ClN2O2. The second-order valence-corrected chi connectivity index (χ2v) is 0.640. The van der Waals surface area contributed by atoms with E-state index < -0.39 is 0 Å². The van der Waals surface area contributed by atoms with Gasteiger partial charge in [-0.15, -0.1) is 12.4 Å². The SMILES string of the molecule is Cl.O=C=NCN=C=O. The van der Waals surface area contributed by atoms with E-state index in [1.807, 2.05) is 0 Å². The van der Waals surface area contributed by atoms with Crippen molar-refractivity contribution >= 4 is 24.6 Å². The third-order valence-corrected chi connectivity index (χ3v) is 0.271. The third-order valence-electron chi connectivity index (χ3n) is 0.271. The number of rotatable bonds is 2. The van der Waals surface area contributed by atoms with Crippen molar-refractivity contribution in [2.45, 2.75) is 0 Å². The average Bonchev–Trinajstić information content (AvgIpc) is 1.69. The van der Waals surface area contributed by atoms with Crippen LogP contribution in [0, 0.1) is 0 Å². The lowest BCUT2D eigenvalue weighted by Gasteiger charge is -1.63. The Balaban J connectivity index is 0. The summed E-state index contributed by atoms with van der Waals surface area (Å²) in [5.41, 5.74) is 0. The van der Waals surface area contributed by atoms with Crippen LogP contribution in [0.2, 0.25) is 0 Å². The molecule has 0 saturated carbocycles. The van der Waals surface area contributed by atoms with Crippen LogP contribution >= 0.6 is 12.4 Å². The highest BCUT2D eigenvalue weighted by Gasteiger charge is 1.63. The summed E-state index contributed by atoms with van der Waals surface area (Å²) in [4.78, 5) is 24.2. The van der Waals surface area contributed by atoms with E-state index >= 15 is 0 Å². The number of halogens is 1. The minimum absolute atomic E-state index is 0. The zero-order valence-corrected chi connectivity index (χ0v) is 4.64. The van der Waals surface area contributed by atoms with Crippen LogP contribution in [0.25, 0.3) is 0 Å². The number of isocyanates is 2. The molecule has 0 aromatic carbocycles. The molecule has 0 aliphatic rings. The molecule has 0 bridgehead atoms. The van der Waals surface area contributed by atoms with Gasteiger partial charge in [0.05, 0.1) is 0 Å². The zero-order valence-electron chi connectivity index (χ0n) is 3.83. The van der Waals surface area contributed by atoms with E-state index in [1.165, 1.54) is 12.2 Å². The minimum Gasteiger partial charge on any atom is -0.211 e. The molecule has 4 nitrogen and oxygen atoms in total. The summed E-state index contributed by atoms with van der Waals surface area (Å²) in [6.45, 7) is -0.160. The maximum atomic E-state index is 9.20. The molecule has 0 spiro atoms. The van der Waals surface area contributed by atoms with Crippen molar-refractivity contribution < 1.29 is 9.59 Å². The molecule has 0 aliphatic heterocycles. The highest BCUT2D eigenvalue weighted by atomic mass is 35.5. The average molecular weight is 135 g/mol. The molecule has 0 rings (SSSR count). The van der Waals surface area contributed by atoms with Crippen molar-refractivity contribution in [1.82, 2.24) is 0 Å². The van der Waals surface area contributed by atoms with E-state index in [4.69, 9.17) is 0 Å². The fourth-order valence-corrected chi connectivity index (χ4v) is 0.0931. The number of aliphatic imine (C=N–C) groups is 2. The van der Waals surface area contributed by atoms with Crippen molar-refractivity contribution in [2.24, 2.45) is 9.98 Å². The fourth-order valence-electron chi connectivity index (χ4n) is 0.0931. The molecule has 0 heterocycles.